The van der Waals surface area contributed by atoms with Crippen molar-refractivity contribution in [3.05, 3.63) is 35.4 Å². The smallest absolute Gasteiger partial charge is 0.233 e. The number of nitrogens with two attached hydrogens (primary N) is 1. The molecule has 4 heteroatoms. The molecule has 0 aromatic heterocycles. The lowest BCUT2D eigenvalue weighted by Gasteiger charge is -2.19. The van der Waals surface area contributed by atoms with Gasteiger partial charge in [-0.15, -0.1) is 0 Å². The topological polar surface area (TPSA) is 58.4 Å². The predicted octanol–water partition coefficient (Wildman–Crippen LogP) is 0.713. The van der Waals surface area contributed by atoms with Crippen LogP contribution in [-0.4, -0.2) is 30.9 Å². The van der Waals surface area contributed by atoms with Gasteiger partial charge in [-0.3, -0.25) is 9.69 Å². The van der Waals surface area contributed by atoms with Gasteiger partial charge < -0.3 is 11.1 Å². The summed E-state index contributed by atoms with van der Waals surface area (Å²) < 4.78 is 0. The van der Waals surface area contributed by atoms with Crippen LogP contribution < -0.4 is 11.1 Å². The number of amides is 1. The fourth-order valence-corrected chi connectivity index (χ4v) is 1.67. The van der Waals surface area contributed by atoms with E-state index in [9.17, 15) is 4.79 Å². The highest BCUT2D eigenvalue weighted by Crippen LogP contribution is 2.07. The van der Waals surface area contributed by atoms with Crippen molar-refractivity contribution in [2.24, 2.45) is 5.73 Å². The van der Waals surface area contributed by atoms with Gasteiger partial charge in [0.15, 0.2) is 0 Å². The average Bonchev–Trinajstić information content (AvgIpc) is 2.37. The monoisotopic (exact) mass is 235 g/mol. The summed E-state index contributed by atoms with van der Waals surface area (Å²) in [7, 11) is 1.66. The molecule has 4 nitrogen and oxygen atoms in total. The van der Waals surface area contributed by atoms with Crippen molar-refractivity contribution in [2.45, 2.75) is 20.0 Å². The second-order valence-corrected chi connectivity index (χ2v) is 4.00. The lowest BCUT2D eigenvalue weighted by Crippen LogP contribution is -2.35. The van der Waals surface area contributed by atoms with E-state index in [1.54, 1.807) is 7.05 Å². The molecule has 1 aromatic rings. The van der Waals surface area contributed by atoms with Crippen LogP contribution in [-0.2, 0) is 17.9 Å². The molecule has 1 rings (SSSR count). The van der Waals surface area contributed by atoms with Crippen molar-refractivity contribution in [3.63, 3.8) is 0 Å². The van der Waals surface area contributed by atoms with E-state index in [0.717, 1.165) is 18.7 Å². The molecule has 1 aromatic carbocycles. The zero-order valence-electron chi connectivity index (χ0n) is 10.6. The Bertz CT molecular complexity index is 365. The first-order valence-electron chi connectivity index (χ1n) is 5.90. The third-order valence-electron chi connectivity index (χ3n) is 2.73. The molecule has 0 fully saturated rings. The summed E-state index contributed by atoms with van der Waals surface area (Å²) >= 11 is 0. The minimum atomic E-state index is 0.0434. The summed E-state index contributed by atoms with van der Waals surface area (Å²) in [5.74, 6) is 0.0434. The maximum atomic E-state index is 11.3. The van der Waals surface area contributed by atoms with Gasteiger partial charge in [0, 0.05) is 20.1 Å². The number of benzene rings is 1. The van der Waals surface area contributed by atoms with Gasteiger partial charge in [-0.25, -0.2) is 0 Å². The maximum absolute atomic E-state index is 11.3. The Hall–Kier alpha value is -1.39. The molecular formula is C13H21N3O. The van der Waals surface area contributed by atoms with Crippen LogP contribution in [0.4, 0.5) is 0 Å². The van der Waals surface area contributed by atoms with Gasteiger partial charge in [0.05, 0.1) is 6.54 Å². The van der Waals surface area contributed by atoms with Gasteiger partial charge in [-0.1, -0.05) is 31.2 Å². The lowest BCUT2D eigenvalue weighted by atomic mass is 10.1. The normalized spacial score (nSPS) is 10.6. The van der Waals surface area contributed by atoms with Crippen LogP contribution in [0.1, 0.15) is 18.1 Å². The second kappa shape index (κ2) is 7.04. The van der Waals surface area contributed by atoms with E-state index < -0.39 is 0 Å². The Kier molecular flexibility index (Phi) is 5.66. The molecule has 94 valence electrons. The minimum Gasteiger partial charge on any atom is -0.358 e. The largest absolute Gasteiger partial charge is 0.358 e. The summed E-state index contributed by atoms with van der Waals surface area (Å²) in [6, 6.07) is 8.17. The number of rotatable bonds is 6. The standard InChI is InChI=1S/C13H21N3O/c1-3-16(10-13(17)15-2)9-12-6-4-5-11(7-12)8-14/h4-7H,3,8-10,14H2,1-2H3,(H,15,17). The summed E-state index contributed by atoms with van der Waals surface area (Å²) in [5, 5.41) is 2.64. The van der Waals surface area contributed by atoms with Gasteiger partial charge in [0.2, 0.25) is 5.91 Å². The van der Waals surface area contributed by atoms with Gasteiger partial charge in [0.1, 0.15) is 0 Å². The predicted molar refractivity (Wildman–Crippen MR) is 69.4 cm³/mol. The van der Waals surface area contributed by atoms with Gasteiger partial charge in [-0.2, -0.15) is 0 Å². The number of carbonyl (C=O) groups excluding carboxylic acids is 1. The van der Waals surface area contributed by atoms with E-state index in [-0.39, 0.29) is 5.91 Å². The Morgan fingerprint density at radius 2 is 2.12 bits per heavy atom. The quantitative estimate of drug-likeness (QED) is 0.763. The van der Waals surface area contributed by atoms with Crippen molar-refractivity contribution in [1.82, 2.24) is 10.2 Å². The van der Waals surface area contributed by atoms with Crippen molar-refractivity contribution in [2.75, 3.05) is 20.1 Å². The average molecular weight is 235 g/mol. The highest BCUT2D eigenvalue weighted by molar-refractivity contribution is 5.77. The molecule has 0 atom stereocenters. The summed E-state index contributed by atoms with van der Waals surface area (Å²) in [5.41, 5.74) is 7.92. The van der Waals surface area contributed by atoms with Crippen molar-refractivity contribution >= 4 is 5.91 Å². The number of hydrogen-bond donors (Lipinski definition) is 2. The second-order valence-electron chi connectivity index (χ2n) is 4.00. The van der Waals surface area contributed by atoms with Crippen LogP contribution in [0, 0.1) is 0 Å². The van der Waals surface area contributed by atoms with Gasteiger partial charge in [0.25, 0.3) is 0 Å². The highest BCUT2D eigenvalue weighted by Gasteiger charge is 2.08. The van der Waals surface area contributed by atoms with E-state index >= 15 is 0 Å². The van der Waals surface area contributed by atoms with Crippen molar-refractivity contribution in [1.29, 1.82) is 0 Å². The van der Waals surface area contributed by atoms with Crippen LogP contribution in [0.25, 0.3) is 0 Å². The first-order valence-corrected chi connectivity index (χ1v) is 5.90. The van der Waals surface area contributed by atoms with E-state index in [0.29, 0.717) is 13.1 Å². The molecule has 17 heavy (non-hydrogen) atoms. The molecular weight excluding hydrogens is 214 g/mol. The highest BCUT2D eigenvalue weighted by atomic mass is 16.1. The summed E-state index contributed by atoms with van der Waals surface area (Å²) in [6.45, 7) is 4.66. The molecule has 0 bridgehead atoms. The van der Waals surface area contributed by atoms with Crippen LogP contribution >= 0.6 is 0 Å². The van der Waals surface area contributed by atoms with Crippen LogP contribution in [0.2, 0.25) is 0 Å². The molecule has 0 saturated heterocycles. The zero-order valence-corrected chi connectivity index (χ0v) is 10.6. The number of nitrogens with one attached hydrogen (secondary N) is 1. The number of carbonyl (C=O) groups is 1. The molecule has 1 amide bonds. The number of nitrogens with zero attached hydrogens (tertiary/aromatic N) is 1. The first kappa shape index (κ1) is 13.7. The number of hydrogen-bond acceptors (Lipinski definition) is 3. The van der Waals surface area contributed by atoms with Gasteiger partial charge in [-0.05, 0) is 17.7 Å². The minimum absolute atomic E-state index is 0.0434. The molecule has 0 radical (unpaired) electrons. The Balaban J connectivity index is 2.63. The maximum Gasteiger partial charge on any atom is 0.233 e. The molecule has 0 heterocycles. The molecule has 0 aliphatic heterocycles. The summed E-state index contributed by atoms with van der Waals surface area (Å²) in [4.78, 5) is 13.4. The van der Waals surface area contributed by atoms with E-state index in [4.69, 9.17) is 5.73 Å². The van der Waals surface area contributed by atoms with Crippen LogP contribution in [0.3, 0.4) is 0 Å². The Morgan fingerprint density at radius 1 is 1.41 bits per heavy atom. The Labute approximate surface area is 103 Å². The molecule has 0 aliphatic carbocycles. The third kappa shape index (κ3) is 4.54. The number of likely N-dealkylation sites (N-methyl/N-ethyl adjacent to an activating group) is 2. The van der Waals surface area contributed by atoms with E-state index in [2.05, 4.69) is 29.3 Å². The molecule has 0 spiro atoms. The van der Waals surface area contributed by atoms with Crippen molar-refractivity contribution < 1.29 is 4.79 Å². The van der Waals surface area contributed by atoms with Crippen LogP contribution in [0.15, 0.2) is 24.3 Å². The lowest BCUT2D eigenvalue weighted by molar-refractivity contribution is -0.121. The molecule has 0 unspecified atom stereocenters. The summed E-state index contributed by atoms with van der Waals surface area (Å²) in [6.07, 6.45) is 0. The van der Waals surface area contributed by atoms with E-state index in [1.807, 2.05) is 12.1 Å². The Morgan fingerprint density at radius 3 is 2.71 bits per heavy atom. The fraction of sp³-hybridized carbons (Fsp3) is 0.462. The third-order valence-corrected chi connectivity index (χ3v) is 2.73. The fourth-order valence-electron chi connectivity index (χ4n) is 1.67. The van der Waals surface area contributed by atoms with Crippen LogP contribution in [0.5, 0.6) is 0 Å². The van der Waals surface area contributed by atoms with E-state index in [1.165, 1.54) is 5.56 Å². The first-order chi connectivity index (χ1) is 8.19. The zero-order chi connectivity index (χ0) is 12.7. The molecule has 0 aliphatic rings. The molecule has 3 N–H and O–H groups in total. The molecule has 0 saturated carbocycles. The van der Waals surface area contributed by atoms with Crippen molar-refractivity contribution in [3.8, 4) is 0 Å². The van der Waals surface area contributed by atoms with Gasteiger partial charge >= 0.3 is 0 Å². The SMILES string of the molecule is CCN(CC(=O)NC)Cc1cccc(CN)c1.